The van der Waals surface area contributed by atoms with Crippen molar-refractivity contribution in [2.45, 2.75) is 18.1 Å². The molecule has 0 aliphatic heterocycles. The predicted octanol–water partition coefficient (Wildman–Crippen LogP) is 1.75. The largest absolute Gasteiger partial charge is 0.382 e. The second-order valence-corrected chi connectivity index (χ2v) is 4.08. The second kappa shape index (κ2) is 3.33. The van der Waals surface area contributed by atoms with Gasteiger partial charge in [0.1, 0.15) is 5.60 Å². The zero-order valence-electron chi connectivity index (χ0n) is 8.59. The Hall–Kier alpha value is -1.38. The van der Waals surface area contributed by atoms with Crippen LogP contribution in [0.5, 0.6) is 0 Å². The third kappa shape index (κ3) is 2.01. The molecular weight excluding hydrogens is 188 g/mol. The van der Waals surface area contributed by atoms with E-state index in [0.717, 1.165) is 5.56 Å². The Balaban J connectivity index is 2.36. The van der Waals surface area contributed by atoms with E-state index in [1.165, 1.54) is 0 Å². The van der Waals surface area contributed by atoms with E-state index in [1.54, 1.807) is 31.2 Å². The summed E-state index contributed by atoms with van der Waals surface area (Å²) in [6, 6.07) is 9.37. The summed E-state index contributed by atoms with van der Waals surface area (Å²) < 4.78 is 0. The van der Waals surface area contributed by atoms with E-state index in [0.29, 0.717) is 0 Å². The quantitative estimate of drug-likeness (QED) is 0.681. The van der Waals surface area contributed by atoms with Gasteiger partial charge in [-0.05, 0) is 24.6 Å². The summed E-state index contributed by atoms with van der Waals surface area (Å²) in [6.07, 6.45) is 6.42. The number of rotatable bonds is 1. The lowest BCUT2D eigenvalue weighted by molar-refractivity contribution is 0.116. The van der Waals surface area contributed by atoms with Crippen molar-refractivity contribution in [3.05, 3.63) is 60.2 Å². The molecule has 1 aromatic carbocycles. The summed E-state index contributed by atoms with van der Waals surface area (Å²) in [5.74, 6) is 0. The Morgan fingerprint density at radius 3 is 1.93 bits per heavy atom. The summed E-state index contributed by atoms with van der Waals surface area (Å²) in [4.78, 5) is 0. The van der Waals surface area contributed by atoms with Crippen LogP contribution < -0.4 is 0 Å². The molecule has 1 aliphatic rings. The molecule has 15 heavy (non-hydrogen) atoms. The molecule has 0 aromatic heterocycles. The molecule has 0 bridgehead atoms. The summed E-state index contributed by atoms with van der Waals surface area (Å²) in [6.45, 7) is 1.67. The van der Waals surface area contributed by atoms with Gasteiger partial charge in [0.15, 0.2) is 0 Å². The molecule has 0 unspecified atom stereocenters. The van der Waals surface area contributed by atoms with Crippen LogP contribution in [0.1, 0.15) is 12.5 Å². The van der Waals surface area contributed by atoms with E-state index in [4.69, 9.17) is 0 Å². The average molecular weight is 202 g/mol. The minimum absolute atomic E-state index is 0.799. The number of aliphatic hydroxyl groups is 2. The van der Waals surface area contributed by atoms with Crippen LogP contribution in [-0.4, -0.2) is 15.8 Å². The Morgan fingerprint density at radius 2 is 1.40 bits per heavy atom. The third-order valence-electron chi connectivity index (χ3n) is 2.59. The van der Waals surface area contributed by atoms with Gasteiger partial charge >= 0.3 is 0 Å². The maximum atomic E-state index is 10.3. The molecule has 0 heterocycles. The fourth-order valence-electron chi connectivity index (χ4n) is 1.60. The molecule has 2 heteroatoms. The van der Waals surface area contributed by atoms with Gasteiger partial charge in [-0.25, -0.2) is 0 Å². The lowest BCUT2D eigenvalue weighted by Gasteiger charge is -2.28. The van der Waals surface area contributed by atoms with Crippen molar-refractivity contribution in [2.24, 2.45) is 0 Å². The van der Waals surface area contributed by atoms with E-state index < -0.39 is 11.2 Å². The van der Waals surface area contributed by atoms with Gasteiger partial charge in [0.2, 0.25) is 0 Å². The van der Waals surface area contributed by atoms with Crippen molar-refractivity contribution in [3.8, 4) is 0 Å². The first-order valence-corrected chi connectivity index (χ1v) is 4.93. The summed E-state index contributed by atoms with van der Waals surface area (Å²) in [7, 11) is 0. The van der Waals surface area contributed by atoms with Crippen LogP contribution >= 0.6 is 0 Å². The third-order valence-corrected chi connectivity index (χ3v) is 2.59. The standard InChI is InChI=1S/C13H14O2/c1-12(14)7-9-13(15,10-8-12)11-5-3-2-4-6-11/h2-10,14-15H,1H3. The molecule has 2 N–H and O–H groups in total. The van der Waals surface area contributed by atoms with Gasteiger partial charge in [-0.1, -0.05) is 42.5 Å². The predicted molar refractivity (Wildman–Crippen MR) is 59.2 cm³/mol. The van der Waals surface area contributed by atoms with Gasteiger partial charge in [-0.15, -0.1) is 0 Å². The fraction of sp³-hybridized carbons (Fsp3) is 0.231. The Bertz CT molecular complexity index is 386. The van der Waals surface area contributed by atoms with Crippen LogP contribution in [0, 0.1) is 0 Å². The van der Waals surface area contributed by atoms with Crippen LogP contribution in [0.25, 0.3) is 0 Å². The zero-order valence-corrected chi connectivity index (χ0v) is 8.59. The molecular formula is C13H14O2. The molecule has 0 radical (unpaired) electrons. The first-order chi connectivity index (χ1) is 7.02. The van der Waals surface area contributed by atoms with Crippen LogP contribution in [-0.2, 0) is 5.60 Å². The van der Waals surface area contributed by atoms with Gasteiger partial charge in [0.05, 0.1) is 5.60 Å². The van der Waals surface area contributed by atoms with Gasteiger partial charge in [0.25, 0.3) is 0 Å². The van der Waals surface area contributed by atoms with E-state index >= 15 is 0 Å². The Labute approximate surface area is 89.2 Å². The number of hydrogen-bond donors (Lipinski definition) is 2. The van der Waals surface area contributed by atoms with E-state index in [9.17, 15) is 10.2 Å². The van der Waals surface area contributed by atoms with Crippen molar-refractivity contribution in [1.82, 2.24) is 0 Å². The molecule has 0 saturated carbocycles. The highest BCUT2D eigenvalue weighted by Crippen LogP contribution is 2.30. The van der Waals surface area contributed by atoms with Crippen LogP contribution in [0.3, 0.4) is 0 Å². The van der Waals surface area contributed by atoms with Gasteiger partial charge in [0, 0.05) is 0 Å². The zero-order chi connectivity index (χ0) is 10.9. The molecule has 0 spiro atoms. The molecule has 78 valence electrons. The minimum Gasteiger partial charge on any atom is -0.382 e. The Kier molecular flexibility index (Phi) is 2.25. The first kappa shape index (κ1) is 10.1. The SMILES string of the molecule is CC1(O)C=CC(O)(c2ccccc2)C=C1. The molecule has 2 rings (SSSR count). The normalized spacial score (nSPS) is 34.3. The van der Waals surface area contributed by atoms with Crippen LogP contribution in [0.15, 0.2) is 54.6 Å². The molecule has 0 amide bonds. The van der Waals surface area contributed by atoms with Crippen molar-refractivity contribution >= 4 is 0 Å². The molecule has 0 fully saturated rings. The number of hydrogen-bond acceptors (Lipinski definition) is 2. The fourth-order valence-corrected chi connectivity index (χ4v) is 1.60. The van der Waals surface area contributed by atoms with Crippen LogP contribution in [0.4, 0.5) is 0 Å². The topological polar surface area (TPSA) is 40.5 Å². The van der Waals surface area contributed by atoms with E-state index in [2.05, 4.69) is 0 Å². The summed E-state index contributed by atoms with van der Waals surface area (Å²) in [5.41, 5.74) is -1.25. The smallest absolute Gasteiger partial charge is 0.127 e. The maximum Gasteiger partial charge on any atom is 0.127 e. The summed E-state index contributed by atoms with van der Waals surface area (Å²) in [5, 5.41) is 20.0. The highest BCUT2D eigenvalue weighted by molar-refractivity contribution is 5.37. The average Bonchev–Trinajstić information content (AvgIpc) is 2.24. The molecule has 1 aliphatic carbocycles. The maximum absolute atomic E-state index is 10.3. The molecule has 2 nitrogen and oxygen atoms in total. The molecule has 0 atom stereocenters. The first-order valence-electron chi connectivity index (χ1n) is 4.93. The van der Waals surface area contributed by atoms with Gasteiger partial charge < -0.3 is 10.2 Å². The highest BCUT2D eigenvalue weighted by Gasteiger charge is 2.28. The lowest BCUT2D eigenvalue weighted by atomic mass is 9.85. The van der Waals surface area contributed by atoms with Gasteiger partial charge in [-0.3, -0.25) is 0 Å². The second-order valence-electron chi connectivity index (χ2n) is 4.08. The Morgan fingerprint density at radius 1 is 0.867 bits per heavy atom. The molecule has 0 saturated heterocycles. The highest BCUT2D eigenvalue weighted by atomic mass is 16.3. The van der Waals surface area contributed by atoms with E-state index in [1.807, 2.05) is 30.3 Å². The molecule has 1 aromatic rings. The van der Waals surface area contributed by atoms with Gasteiger partial charge in [-0.2, -0.15) is 0 Å². The van der Waals surface area contributed by atoms with E-state index in [-0.39, 0.29) is 0 Å². The lowest BCUT2D eigenvalue weighted by Crippen LogP contribution is -2.29. The van der Waals surface area contributed by atoms with Crippen LogP contribution in [0.2, 0.25) is 0 Å². The van der Waals surface area contributed by atoms with Crippen molar-refractivity contribution < 1.29 is 10.2 Å². The van der Waals surface area contributed by atoms with Crippen molar-refractivity contribution in [3.63, 3.8) is 0 Å². The number of benzene rings is 1. The van der Waals surface area contributed by atoms with Crippen molar-refractivity contribution in [1.29, 1.82) is 0 Å². The minimum atomic E-state index is -1.09. The monoisotopic (exact) mass is 202 g/mol. The van der Waals surface area contributed by atoms with Crippen molar-refractivity contribution in [2.75, 3.05) is 0 Å². The summed E-state index contributed by atoms with van der Waals surface area (Å²) >= 11 is 0.